The number of aromatic nitrogens is 2. The molecular weight excluding hydrogens is 346 g/mol. The van der Waals surface area contributed by atoms with Gasteiger partial charge in [-0.1, -0.05) is 6.07 Å². The molecule has 1 aromatic heterocycles. The monoisotopic (exact) mass is 371 g/mol. The molecule has 4 rings (SSSR count). The van der Waals surface area contributed by atoms with E-state index in [1.54, 1.807) is 11.6 Å². The van der Waals surface area contributed by atoms with Crippen molar-refractivity contribution in [2.75, 3.05) is 6.61 Å². The number of carbonyl (C=O) groups is 2. The molecule has 2 aliphatic rings. The van der Waals surface area contributed by atoms with Crippen molar-refractivity contribution in [3.05, 3.63) is 34.2 Å². The zero-order chi connectivity index (χ0) is 19.1. The zero-order valence-electron chi connectivity index (χ0n) is 15.5. The van der Waals surface area contributed by atoms with Gasteiger partial charge < -0.3 is 5.11 Å². The van der Waals surface area contributed by atoms with E-state index in [-0.39, 0.29) is 24.6 Å². The molecule has 7 nitrogen and oxygen atoms in total. The number of aryl methyl sites for hydroxylation is 1. The van der Waals surface area contributed by atoms with Gasteiger partial charge in [-0.25, -0.2) is 4.79 Å². The number of benzene rings is 1. The van der Waals surface area contributed by atoms with Gasteiger partial charge in [0, 0.05) is 20.1 Å². The van der Waals surface area contributed by atoms with Crippen LogP contribution in [-0.4, -0.2) is 32.7 Å². The van der Waals surface area contributed by atoms with Gasteiger partial charge >= 0.3 is 5.69 Å². The van der Waals surface area contributed by atoms with Gasteiger partial charge in [0.05, 0.1) is 11.0 Å². The van der Waals surface area contributed by atoms with Crippen LogP contribution in [0.3, 0.4) is 0 Å². The van der Waals surface area contributed by atoms with Gasteiger partial charge in [-0.2, -0.15) is 0 Å². The van der Waals surface area contributed by atoms with Crippen LogP contribution >= 0.6 is 0 Å². The molecule has 1 atom stereocenters. The highest BCUT2D eigenvalue weighted by Gasteiger charge is 2.31. The molecule has 27 heavy (non-hydrogen) atoms. The Bertz CT molecular complexity index is 950. The molecule has 2 N–H and O–H groups in total. The van der Waals surface area contributed by atoms with Gasteiger partial charge in [0.2, 0.25) is 11.8 Å². The van der Waals surface area contributed by atoms with E-state index in [2.05, 4.69) is 11.4 Å². The van der Waals surface area contributed by atoms with Crippen molar-refractivity contribution in [1.82, 2.24) is 14.5 Å². The number of aliphatic hydroxyl groups excluding tert-OH is 1. The fraction of sp³-hybridized carbons (Fsp3) is 0.550. The number of nitrogens with zero attached hydrogens (tertiary/aromatic N) is 2. The highest BCUT2D eigenvalue weighted by Crippen LogP contribution is 2.36. The Kier molecular flexibility index (Phi) is 4.63. The first-order valence-electron chi connectivity index (χ1n) is 9.65. The van der Waals surface area contributed by atoms with E-state index in [4.69, 9.17) is 0 Å². The summed E-state index contributed by atoms with van der Waals surface area (Å²) in [4.78, 5) is 36.5. The minimum atomic E-state index is -0.648. The molecule has 144 valence electrons. The van der Waals surface area contributed by atoms with Gasteiger partial charge in [0.15, 0.2) is 0 Å². The SMILES string of the molecule is Cn1c(=O)n(C2CCC(=O)NC2=O)c2ccc(C3CCC(CO)CC3)cc21. The number of fused-ring (bicyclic) bond motifs is 1. The van der Waals surface area contributed by atoms with E-state index in [1.807, 2.05) is 12.1 Å². The van der Waals surface area contributed by atoms with E-state index in [9.17, 15) is 19.5 Å². The molecule has 1 aromatic carbocycles. The molecule has 0 spiro atoms. The van der Waals surface area contributed by atoms with Crippen molar-refractivity contribution < 1.29 is 14.7 Å². The van der Waals surface area contributed by atoms with Crippen LogP contribution in [0.4, 0.5) is 0 Å². The third kappa shape index (κ3) is 3.10. The average molecular weight is 371 g/mol. The van der Waals surface area contributed by atoms with E-state index < -0.39 is 11.9 Å². The third-order valence-electron chi connectivity index (χ3n) is 6.21. The van der Waals surface area contributed by atoms with Crippen molar-refractivity contribution in [3.63, 3.8) is 0 Å². The Hall–Kier alpha value is -2.41. The Morgan fingerprint density at radius 2 is 1.81 bits per heavy atom. The first kappa shape index (κ1) is 18.0. The highest BCUT2D eigenvalue weighted by atomic mass is 16.3. The number of imidazole rings is 1. The second-order valence-electron chi connectivity index (χ2n) is 7.83. The Morgan fingerprint density at radius 1 is 1.07 bits per heavy atom. The van der Waals surface area contributed by atoms with Crippen molar-refractivity contribution in [1.29, 1.82) is 0 Å². The molecule has 2 fully saturated rings. The summed E-state index contributed by atoms with van der Waals surface area (Å²) in [5.74, 6) is 0.145. The molecule has 2 heterocycles. The van der Waals surface area contributed by atoms with Crippen molar-refractivity contribution in [2.45, 2.75) is 50.5 Å². The number of aliphatic hydroxyl groups is 1. The fourth-order valence-corrected chi connectivity index (χ4v) is 4.54. The van der Waals surface area contributed by atoms with Crippen molar-refractivity contribution >= 4 is 22.8 Å². The van der Waals surface area contributed by atoms with Crippen LogP contribution in [0.1, 0.15) is 56.0 Å². The fourth-order valence-electron chi connectivity index (χ4n) is 4.54. The summed E-state index contributed by atoms with van der Waals surface area (Å²) in [6, 6.07) is 5.38. The average Bonchev–Trinajstić information content (AvgIpc) is 2.92. The maximum Gasteiger partial charge on any atom is 0.329 e. The topological polar surface area (TPSA) is 93.3 Å². The van der Waals surface area contributed by atoms with E-state index >= 15 is 0 Å². The van der Waals surface area contributed by atoms with Gasteiger partial charge in [-0.05, 0) is 61.6 Å². The molecule has 1 aliphatic heterocycles. The summed E-state index contributed by atoms with van der Waals surface area (Å²) in [6.45, 7) is 0.259. The van der Waals surface area contributed by atoms with Crippen molar-refractivity contribution in [3.8, 4) is 0 Å². The molecule has 1 unspecified atom stereocenters. The second-order valence-corrected chi connectivity index (χ2v) is 7.83. The Labute approximate surface area is 157 Å². The van der Waals surface area contributed by atoms with Crippen LogP contribution in [0.25, 0.3) is 11.0 Å². The lowest BCUT2D eigenvalue weighted by atomic mass is 9.79. The maximum atomic E-state index is 12.8. The van der Waals surface area contributed by atoms with Crippen LogP contribution in [0.2, 0.25) is 0 Å². The Balaban J connectivity index is 1.70. The first-order valence-corrected chi connectivity index (χ1v) is 9.65. The smallest absolute Gasteiger partial charge is 0.329 e. The number of rotatable bonds is 3. The summed E-state index contributed by atoms with van der Waals surface area (Å²) < 4.78 is 3.10. The van der Waals surface area contributed by atoms with Crippen LogP contribution in [0, 0.1) is 5.92 Å². The first-order chi connectivity index (χ1) is 13.0. The molecule has 1 saturated carbocycles. The van der Waals surface area contributed by atoms with Crippen LogP contribution in [0.15, 0.2) is 23.0 Å². The predicted octanol–water partition coefficient (Wildman–Crippen LogP) is 1.58. The molecule has 7 heteroatoms. The zero-order valence-corrected chi connectivity index (χ0v) is 15.5. The maximum absolute atomic E-state index is 12.8. The molecule has 2 amide bonds. The molecule has 1 saturated heterocycles. The summed E-state index contributed by atoms with van der Waals surface area (Å²) in [5.41, 5.74) is 2.51. The molecule has 1 aliphatic carbocycles. The molecular formula is C20H25N3O4. The minimum Gasteiger partial charge on any atom is -0.396 e. The van der Waals surface area contributed by atoms with Crippen LogP contribution in [-0.2, 0) is 16.6 Å². The van der Waals surface area contributed by atoms with Crippen LogP contribution < -0.4 is 11.0 Å². The number of nitrogens with one attached hydrogen (secondary N) is 1. The summed E-state index contributed by atoms with van der Waals surface area (Å²) in [7, 11) is 1.72. The summed E-state index contributed by atoms with van der Waals surface area (Å²) in [5, 5.41) is 11.7. The van der Waals surface area contributed by atoms with E-state index in [1.165, 1.54) is 10.1 Å². The van der Waals surface area contributed by atoms with Gasteiger partial charge in [-0.15, -0.1) is 0 Å². The van der Waals surface area contributed by atoms with E-state index in [0.717, 1.165) is 36.7 Å². The predicted molar refractivity (Wildman–Crippen MR) is 100 cm³/mol. The highest BCUT2D eigenvalue weighted by molar-refractivity contribution is 6.00. The third-order valence-corrected chi connectivity index (χ3v) is 6.21. The normalized spacial score (nSPS) is 26.4. The van der Waals surface area contributed by atoms with Gasteiger partial charge in [0.1, 0.15) is 6.04 Å². The number of amides is 2. The lowest BCUT2D eigenvalue weighted by Gasteiger charge is -2.27. The Morgan fingerprint density at radius 3 is 2.48 bits per heavy atom. The molecule has 0 radical (unpaired) electrons. The quantitative estimate of drug-likeness (QED) is 0.801. The summed E-state index contributed by atoms with van der Waals surface area (Å²) >= 11 is 0. The van der Waals surface area contributed by atoms with Crippen LogP contribution in [0.5, 0.6) is 0 Å². The minimum absolute atomic E-state index is 0.236. The van der Waals surface area contributed by atoms with Gasteiger partial charge in [0.25, 0.3) is 0 Å². The number of imide groups is 1. The largest absolute Gasteiger partial charge is 0.396 e. The lowest BCUT2D eigenvalue weighted by Crippen LogP contribution is -2.44. The second kappa shape index (κ2) is 6.96. The number of carbonyl (C=O) groups excluding carboxylic acids is 2. The molecule has 0 bridgehead atoms. The number of hydrogen-bond acceptors (Lipinski definition) is 4. The lowest BCUT2D eigenvalue weighted by molar-refractivity contribution is -0.135. The van der Waals surface area contributed by atoms with E-state index in [0.29, 0.717) is 18.3 Å². The molecule has 2 aromatic rings. The van der Waals surface area contributed by atoms with Crippen molar-refractivity contribution in [2.24, 2.45) is 13.0 Å². The number of hydrogen-bond donors (Lipinski definition) is 2. The standard InChI is InChI=1S/C20H25N3O4/c1-22-17-10-14(13-4-2-12(11-24)3-5-13)6-7-15(17)23(20(22)27)16-8-9-18(25)21-19(16)26/h6-7,10,12-13,16,24H,2-5,8-9,11H2,1H3,(H,21,25,26). The summed E-state index contributed by atoms with van der Waals surface area (Å²) in [6.07, 6.45) is 4.71. The number of piperidine rings is 1. The van der Waals surface area contributed by atoms with Gasteiger partial charge in [-0.3, -0.25) is 24.0 Å².